The second kappa shape index (κ2) is 11.0. The number of anilines is 2. The molecule has 2 aliphatic heterocycles. The summed E-state index contributed by atoms with van der Waals surface area (Å²) in [5.74, 6) is 2.50. The van der Waals surface area contributed by atoms with E-state index in [1.54, 1.807) is 0 Å². The van der Waals surface area contributed by atoms with Crippen LogP contribution in [0.5, 0.6) is 11.5 Å². The van der Waals surface area contributed by atoms with Crippen molar-refractivity contribution in [3.63, 3.8) is 0 Å². The quantitative estimate of drug-likeness (QED) is 0.452. The Bertz CT molecular complexity index is 1080. The Morgan fingerprint density at radius 1 is 1.15 bits per heavy atom. The number of benzene rings is 1. The molecular formula is C24H31N5O5. The molecule has 10 heteroatoms. The van der Waals surface area contributed by atoms with Crippen molar-refractivity contribution >= 4 is 22.6 Å². The van der Waals surface area contributed by atoms with Gasteiger partial charge in [-0.2, -0.15) is 0 Å². The predicted molar refractivity (Wildman–Crippen MR) is 126 cm³/mol. The molecule has 0 amide bonds. The van der Waals surface area contributed by atoms with E-state index in [1.165, 1.54) is 6.33 Å². The van der Waals surface area contributed by atoms with Gasteiger partial charge in [0.2, 0.25) is 5.88 Å². The average Bonchev–Trinajstić information content (AvgIpc) is 3.27. The molecule has 2 fully saturated rings. The average molecular weight is 470 g/mol. The van der Waals surface area contributed by atoms with Gasteiger partial charge in [-0.3, -0.25) is 0 Å². The lowest BCUT2D eigenvalue weighted by Gasteiger charge is -2.25. The molecular weight excluding hydrogens is 438 g/mol. The van der Waals surface area contributed by atoms with Crippen LogP contribution in [-0.2, 0) is 9.47 Å². The first kappa shape index (κ1) is 22.8. The van der Waals surface area contributed by atoms with Gasteiger partial charge in [0.25, 0.3) is 0 Å². The molecule has 2 aliphatic rings. The van der Waals surface area contributed by atoms with Crippen molar-refractivity contribution in [2.45, 2.75) is 44.8 Å². The molecule has 182 valence electrons. The first-order valence-electron chi connectivity index (χ1n) is 11.9. The van der Waals surface area contributed by atoms with Crippen LogP contribution >= 0.6 is 0 Å². The zero-order chi connectivity index (χ0) is 23.2. The number of nitrogens with zero attached hydrogens (tertiary/aromatic N) is 3. The second-order valence-corrected chi connectivity index (χ2v) is 8.61. The molecule has 2 aromatic heterocycles. The lowest BCUT2D eigenvalue weighted by Crippen LogP contribution is -2.38. The number of aromatic nitrogens is 3. The minimum absolute atomic E-state index is 0.0590. The molecule has 0 spiro atoms. The van der Waals surface area contributed by atoms with E-state index in [0.29, 0.717) is 37.3 Å². The van der Waals surface area contributed by atoms with E-state index in [4.69, 9.17) is 23.5 Å². The van der Waals surface area contributed by atoms with Crippen LogP contribution in [0.2, 0.25) is 0 Å². The fourth-order valence-electron chi connectivity index (χ4n) is 4.22. The summed E-state index contributed by atoms with van der Waals surface area (Å²) < 4.78 is 29.1. The topological polar surface area (TPSA) is 113 Å². The number of rotatable bonds is 9. The molecule has 34 heavy (non-hydrogen) atoms. The maximum absolute atomic E-state index is 6.44. The van der Waals surface area contributed by atoms with Crippen LogP contribution < -0.4 is 20.1 Å². The van der Waals surface area contributed by atoms with Crippen LogP contribution in [-0.4, -0.2) is 66.8 Å². The minimum Gasteiger partial charge on any atom is -0.493 e. The highest BCUT2D eigenvalue weighted by Crippen LogP contribution is 2.37. The Morgan fingerprint density at radius 2 is 2.06 bits per heavy atom. The maximum Gasteiger partial charge on any atom is 0.230 e. The SMILES string of the molecule is Cc1cc(Nc2ncnc3cc(OCCCC4CNCCO4)cc(OC4CCOCC4)c23)on1. The third-order valence-electron chi connectivity index (χ3n) is 5.95. The molecule has 1 atom stereocenters. The molecule has 10 nitrogen and oxygen atoms in total. The van der Waals surface area contributed by atoms with E-state index in [9.17, 15) is 0 Å². The van der Waals surface area contributed by atoms with Gasteiger partial charge in [0, 0.05) is 44.1 Å². The fraction of sp³-hybridized carbons (Fsp3) is 0.542. The Labute approximate surface area is 198 Å². The number of hydrogen-bond donors (Lipinski definition) is 2. The minimum atomic E-state index is 0.0590. The molecule has 1 aromatic carbocycles. The van der Waals surface area contributed by atoms with Crippen molar-refractivity contribution in [1.29, 1.82) is 0 Å². The van der Waals surface area contributed by atoms with Gasteiger partial charge in [-0.1, -0.05) is 5.16 Å². The highest BCUT2D eigenvalue weighted by atomic mass is 16.5. The first-order valence-corrected chi connectivity index (χ1v) is 11.9. The summed E-state index contributed by atoms with van der Waals surface area (Å²) >= 11 is 0. The van der Waals surface area contributed by atoms with Gasteiger partial charge in [0.1, 0.15) is 29.7 Å². The van der Waals surface area contributed by atoms with Gasteiger partial charge in [0.05, 0.1) is 49.1 Å². The zero-order valence-electron chi connectivity index (χ0n) is 19.4. The number of morpholine rings is 1. The Morgan fingerprint density at radius 3 is 2.85 bits per heavy atom. The summed E-state index contributed by atoms with van der Waals surface area (Å²) in [5, 5.41) is 11.3. The van der Waals surface area contributed by atoms with E-state index in [2.05, 4.69) is 25.8 Å². The summed E-state index contributed by atoms with van der Waals surface area (Å²) in [5.41, 5.74) is 1.51. The highest BCUT2D eigenvalue weighted by molar-refractivity contribution is 5.96. The lowest BCUT2D eigenvalue weighted by molar-refractivity contribution is 0.0203. The van der Waals surface area contributed by atoms with Gasteiger partial charge in [-0.05, 0) is 19.8 Å². The standard InChI is InChI=1S/C24H31N5O5/c1-16-11-22(34-29-16)28-24-23-20(26-15-27-24)12-19(13-21(23)33-17-4-8-30-9-5-17)31-7-2-3-18-14-25-6-10-32-18/h11-13,15,17-18,25H,2-10,14H2,1H3,(H,26,27,28). The summed E-state index contributed by atoms with van der Waals surface area (Å²) in [4.78, 5) is 8.94. The Hall–Kier alpha value is -2.95. The smallest absolute Gasteiger partial charge is 0.230 e. The third-order valence-corrected chi connectivity index (χ3v) is 5.95. The molecule has 0 saturated carbocycles. The van der Waals surface area contributed by atoms with Gasteiger partial charge in [0.15, 0.2) is 0 Å². The molecule has 0 aliphatic carbocycles. The first-order chi connectivity index (χ1) is 16.7. The van der Waals surface area contributed by atoms with Crippen molar-refractivity contribution in [1.82, 2.24) is 20.4 Å². The van der Waals surface area contributed by atoms with Crippen LogP contribution in [0.3, 0.4) is 0 Å². The van der Waals surface area contributed by atoms with E-state index < -0.39 is 0 Å². The number of nitrogens with one attached hydrogen (secondary N) is 2. The molecule has 0 bridgehead atoms. The molecule has 2 saturated heterocycles. The van der Waals surface area contributed by atoms with Gasteiger partial charge < -0.3 is 34.1 Å². The molecule has 5 rings (SSSR count). The molecule has 2 N–H and O–H groups in total. The number of aryl methyl sites for hydroxylation is 1. The summed E-state index contributed by atoms with van der Waals surface area (Å²) in [6, 6.07) is 5.66. The maximum atomic E-state index is 6.44. The van der Waals surface area contributed by atoms with Crippen molar-refractivity contribution in [2.24, 2.45) is 0 Å². The van der Waals surface area contributed by atoms with E-state index >= 15 is 0 Å². The van der Waals surface area contributed by atoms with E-state index in [0.717, 1.165) is 67.7 Å². The largest absolute Gasteiger partial charge is 0.493 e. The number of ether oxygens (including phenoxy) is 4. The predicted octanol–water partition coefficient (Wildman–Crippen LogP) is 3.38. The summed E-state index contributed by atoms with van der Waals surface area (Å²) in [6.45, 7) is 6.44. The molecule has 0 radical (unpaired) electrons. The number of hydrogen-bond acceptors (Lipinski definition) is 10. The Balaban J connectivity index is 1.36. The molecule has 1 unspecified atom stereocenters. The van der Waals surface area contributed by atoms with Crippen LogP contribution in [0.15, 0.2) is 29.0 Å². The number of fused-ring (bicyclic) bond motifs is 1. The zero-order valence-corrected chi connectivity index (χ0v) is 19.4. The van der Waals surface area contributed by atoms with Gasteiger partial charge in [-0.15, -0.1) is 0 Å². The van der Waals surface area contributed by atoms with Crippen molar-refractivity contribution < 1.29 is 23.5 Å². The monoisotopic (exact) mass is 469 g/mol. The van der Waals surface area contributed by atoms with Crippen molar-refractivity contribution in [2.75, 3.05) is 44.8 Å². The van der Waals surface area contributed by atoms with Crippen molar-refractivity contribution in [3.05, 3.63) is 30.2 Å². The second-order valence-electron chi connectivity index (χ2n) is 8.61. The summed E-state index contributed by atoms with van der Waals surface area (Å²) in [7, 11) is 0. The van der Waals surface area contributed by atoms with Crippen LogP contribution in [0.1, 0.15) is 31.4 Å². The molecule has 4 heterocycles. The van der Waals surface area contributed by atoms with Gasteiger partial charge in [-0.25, -0.2) is 9.97 Å². The molecule has 3 aromatic rings. The van der Waals surface area contributed by atoms with E-state index in [1.807, 2.05) is 25.1 Å². The van der Waals surface area contributed by atoms with Crippen LogP contribution in [0.4, 0.5) is 11.7 Å². The Kier molecular flexibility index (Phi) is 7.37. The van der Waals surface area contributed by atoms with Crippen LogP contribution in [0, 0.1) is 6.92 Å². The lowest BCUT2D eigenvalue weighted by atomic mass is 10.1. The van der Waals surface area contributed by atoms with E-state index in [-0.39, 0.29) is 12.2 Å². The normalized spacial score (nSPS) is 19.3. The third kappa shape index (κ3) is 5.75. The highest BCUT2D eigenvalue weighted by Gasteiger charge is 2.20. The fourth-order valence-corrected chi connectivity index (χ4v) is 4.22. The van der Waals surface area contributed by atoms with Crippen molar-refractivity contribution in [3.8, 4) is 11.5 Å². The van der Waals surface area contributed by atoms with Gasteiger partial charge >= 0.3 is 0 Å². The van der Waals surface area contributed by atoms with Crippen LogP contribution in [0.25, 0.3) is 10.9 Å². The summed E-state index contributed by atoms with van der Waals surface area (Å²) in [6.07, 6.45) is 5.36.